The Morgan fingerprint density at radius 2 is 2.06 bits per heavy atom. The molecule has 0 aromatic carbocycles. The van der Waals surface area contributed by atoms with Crippen molar-refractivity contribution in [3.63, 3.8) is 0 Å². The zero-order chi connectivity index (χ0) is 12.1. The first-order valence-electron chi connectivity index (χ1n) is 5.83. The molecule has 0 aliphatic heterocycles. The summed E-state index contributed by atoms with van der Waals surface area (Å²) in [7, 11) is 0. The van der Waals surface area contributed by atoms with E-state index in [1.165, 1.54) is 5.01 Å². The van der Waals surface area contributed by atoms with E-state index < -0.39 is 0 Å². The van der Waals surface area contributed by atoms with Gasteiger partial charge in [0.2, 0.25) is 0 Å². The first-order valence-corrected chi connectivity index (χ1v) is 6.71. The van der Waals surface area contributed by atoms with Gasteiger partial charge in [0, 0.05) is 23.9 Å². The zero-order valence-electron chi connectivity index (χ0n) is 10.5. The zero-order valence-corrected chi connectivity index (χ0v) is 11.3. The summed E-state index contributed by atoms with van der Waals surface area (Å²) in [6.07, 6.45) is 0. The molecule has 1 rings (SSSR count). The SMILES string of the molecule is CC(C)c1nc(CN[C@H](CO)C(C)C)cs1. The van der Waals surface area contributed by atoms with Crippen molar-refractivity contribution in [1.82, 2.24) is 10.3 Å². The quantitative estimate of drug-likeness (QED) is 0.805. The van der Waals surface area contributed by atoms with E-state index in [1.807, 2.05) is 0 Å². The maximum Gasteiger partial charge on any atom is 0.0954 e. The van der Waals surface area contributed by atoms with Crippen molar-refractivity contribution >= 4 is 11.3 Å². The van der Waals surface area contributed by atoms with Gasteiger partial charge in [-0.2, -0.15) is 0 Å². The van der Waals surface area contributed by atoms with Gasteiger partial charge in [0.25, 0.3) is 0 Å². The average molecular weight is 242 g/mol. The maximum absolute atomic E-state index is 9.19. The van der Waals surface area contributed by atoms with Crippen LogP contribution in [0.1, 0.15) is 44.3 Å². The van der Waals surface area contributed by atoms with Crippen LogP contribution in [0.15, 0.2) is 5.38 Å². The van der Waals surface area contributed by atoms with E-state index in [9.17, 15) is 5.11 Å². The van der Waals surface area contributed by atoms with Gasteiger partial charge < -0.3 is 10.4 Å². The first kappa shape index (κ1) is 13.6. The predicted molar refractivity (Wildman–Crippen MR) is 68.8 cm³/mol. The molecule has 0 saturated heterocycles. The summed E-state index contributed by atoms with van der Waals surface area (Å²) in [5, 5.41) is 15.8. The average Bonchev–Trinajstić information content (AvgIpc) is 2.67. The number of rotatable bonds is 6. The lowest BCUT2D eigenvalue weighted by Gasteiger charge is -2.19. The monoisotopic (exact) mass is 242 g/mol. The fourth-order valence-electron chi connectivity index (χ4n) is 1.42. The molecule has 0 bridgehead atoms. The molecule has 0 amide bonds. The van der Waals surface area contributed by atoms with E-state index in [4.69, 9.17) is 0 Å². The molecular formula is C12H22N2OS. The molecule has 0 fully saturated rings. The lowest BCUT2D eigenvalue weighted by molar-refractivity contribution is 0.209. The summed E-state index contributed by atoms with van der Waals surface area (Å²) in [6, 6.07) is 0.157. The highest BCUT2D eigenvalue weighted by molar-refractivity contribution is 7.09. The van der Waals surface area contributed by atoms with E-state index in [0.29, 0.717) is 11.8 Å². The number of nitrogens with one attached hydrogen (secondary N) is 1. The Morgan fingerprint density at radius 3 is 2.50 bits per heavy atom. The van der Waals surface area contributed by atoms with E-state index >= 15 is 0 Å². The third-order valence-electron chi connectivity index (χ3n) is 2.61. The molecule has 0 radical (unpaired) electrons. The second kappa shape index (κ2) is 6.33. The predicted octanol–water partition coefficient (Wildman–Crippen LogP) is 2.37. The topological polar surface area (TPSA) is 45.2 Å². The molecule has 1 heterocycles. The van der Waals surface area contributed by atoms with Gasteiger partial charge in [0.1, 0.15) is 0 Å². The van der Waals surface area contributed by atoms with E-state index in [2.05, 4.69) is 43.4 Å². The Bertz CT molecular complexity index is 310. The number of aromatic nitrogens is 1. The van der Waals surface area contributed by atoms with Gasteiger partial charge in [0.15, 0.2) is 0 Å². The van der Waals surface area contributed by atoms with Gasteiger partial charge >= 0.3 is 0 Å². The number of thiazole rings is 1. The van der Waals surface area contributed by atoms with Crippen LogP contribution in [-0.4, -0.2) is 22.7 Å². The normalized spacial score (nSPS) is 13.7. The number of hydrogen-bond donors (Lipinski definition) is 2. The molecule has 0 unspecified atom stereocenters. The van der Waals surface area contributed by atoms with E-state index in [0.717, 1.165) is 12.2 Å². The maximum atomic E-state index is 9.19. The Kier molecular flexibility index (Phi) is 5.38. The third kappa shape index (κ3) is 3.85. The molecule has 0 aliphatic carbocycles. The van der Waals surface area contributed by atoms with Crippen LogP contribution >= 0.6 is 11.3 Å². The molecule has 2 N–H and O–H groups in total. The van der Waals surface area contributed by atoms with Crippen molar-refractivity contribution in [1.29, 1.82) is 0 Å². The van der Waals surface area contributed by atoms with Crippen LogP contribution < -0.4 is 5.32 Å². The molecule has 92 valence electrons. The number of aliphatic hydroxyl groups excluding tert-OH is 1. The molecule has 0 aliphatic rings. The molecule has 3 nitrogen and oxygen atoms in total. The second-order valence-electron chi connectivity index (χ2n) is 4.75. The van der Waals surface area contributed by atoms with Crippen LogP contribution in [0.3, 0.4) is 0 Å². The van der Waals surface area contributed by atoms with Crippen molar-refractivity contribution in [3.05, 3.63) is 16.1 Å². The van der Waals surface area contributed by atoms with Gasteiger partial charge in [0.05, 0.1) is 17.3 Å². The van der Waals surface area contributed by atoms with Crippen molar-refractivity contribution in [2.75, 3.05) is 6.61 Å². The molecule has 1 aromatic rings. The van der Waals surface area contributed by atoms with Crippen LogP contribution in [0.4, 0.5) is 0 Å². The van der Waals surface area contributed by atoms with Crippen LogP contribution in [0.25, 0.3) is 0 Å². The van der Waals surface area contributed by atoms with E-state index in [1.54, 1.807) is 11.3 Å². The standard InChI is InChI=1S/C12H22N2OS/c1-8(2)11(6-15)13-5-10-7-16-12(14-10)9(3)4/h7-9,11,13,15H,5-6H2,1-4H3/t11-/m1/s1. The Balaban J connectivity index is 2.47. The highest BCUT2D eigenvalue weighted by atomic mass is 32.1. The van der Waals surface area contributed by atoms with Crippen molar-refractivity contribution in [3.8, 4) is 0 Å². The fourth-order valence-corrected chi connectivity index (χ4v) is 2.25. The van der Waals surface area contributed by atoms with Gasteiger partial charge in [-0.3, -0.25) is 0 Å². The minimum Gasteiger partial charge on any atom is -0.395 e. The molecular weight excluding hydrogens is 220 g/mol. The molecule has 0 spiro atoms. The Morgan fingerprint density at radius 1 is 1.38 bits per heavy atom. The molecule has 16 heavy (non-hydrogen) atoms. The summed E-state index contributed by atoms with van der Waals surface area (Å²) in [4.78, 5) is 4.55. The van der Waals surface area contributed by atoms with Gasteiger partial charge in [-0.25, -0.2) is 4.98 Å². The number of aliphatic hydroxyl groups is 1. The summed E-state index contributed by atoms with van der Waals surface area (Å²) >= 11 is 1.71. The first-order chi connectivity index (χ1) is 7.54. The minimum atomic E-state index is 0.157. The summed E-state index contributed by atoms with van der Waals surface area (Å²) in [5.41, 5.74) is 1.08. The van der Waals surface area contributed by atoms with Gasteiger partial charge in [-0.1, -0.05) is 27.7 Å². The lowest BCUT2D eigenvalue weighted by atomic mass is 10.1. The number of hydrogen-bond acceptors (Lipinski definition) is 4. The van der Waals surface area contributed by atoms with Crippen LogP contribution in [-0.2, 0) is 6.54 Å². The van der Waals surface area contributed by atoms with Crippen molar-refractivity contribution in [2.24, 2.45) is 5.92 Å². The van der Waals surface area contributed by atoms with Crippen LogP contribution in [0, 0.1) is 5.92 Å². The summed E-state index contributed by atoms with van der Waals surface area (Å²) in [5.74, 6) is 0.936. The minimum absolute atomic E-state index is 0.157. The second-order valence-corrected chi connectivity index (χ2v) is 5.64. The fraction of sp³-hybridized carbons (Fsp3) is 0.750. The summed E-state index contributed by atoms with van der Waals surface area (Å²) < 4.78 is 0. The highest BCUT2D eigenvalue weighted by Crippen LogP contribution is 2.19. The molecule has 0 saturated carbocycles. The van der Waals surface area contributed by atoms with Crippen molar-refractivity contribution in [2.45, 2.75) is 46.2 Å². The van der Waals surface area contributed by atoms with Crippen LogP contribution in [0.2, 0.25) is 0 Å². The van der Waals surface area contributed by atoms with Gasteiger partial charge in [-0.05, 0) is 5.92 Å². The molecule has 4 heteroatoms. The lowest BCUT2D eigenvalue weighted by Crippen LogP contribution is -2.36. The Hall–Kier alpha value is -0.450. The summed E-state index contributed by atoms with van der Waals surface area (Å²) in [6.45, 7) is 9.44. The molecule has 1 aromatic heterocycles. The third-order valence-corrected chi connectivity index (χ3v) is 3.80. The van der Waals surface area contributed by atoms with Gasteiger partial charge in [-0.15, -0.1) is 11.3 Å². The Labute approximate surface area is 102 Å². The smallest absolute Gasteiger partial charge is 0.0954 e. The number of nitrogens with zero attached hydrogens (tertiary/aromatic N) is 1. The highest BCUT2D eigenvalue weighted by Gasteiger charge is 2.12. The van der Waals surface area contributed by atoms with Crippen LogP contribution in [0.5, 0.6) is 0 Å². The van der Waals surface area contributed by atoms with E-state index in [-0.39, 0.29) is 12.6 Å². The largest absolute Gasteiger partial charge is 0.395 e. The van der Waals surface area contributed by atoms with Crippen molar-refractivity contribution < 1.29 is 5.11 Å². The molecule has 1 atom stereocenters.